The zero-order valence-corrected chi connectivity index (χ0v) is 18.1. The van der Waals surface area contributed by atoms with Crippen molar-refractivity contribution in [1.82, 2.24) is 14.9 Å². The summed E-state index contributed by atoms with van der Waals surface area (Å²) < 4.78 is 12.7. The fourth-order valence-corrected chi connectivity index (χ4v) is 3.58. The Morgan fingerprint density at radius 1 is 0.970 bits per heavy atom. The monoisotopic (exact) mass is 438 g/mol. The molecule has 0 fully saturated rings. The highest BCUT2D eigenvalue weighted by Gasteiger charge is 2.16. The highest BCUT2D eigenvalue weighted by molar-refractivity contribution is 6.06. The summed E-state index contributed by atoms with van der Waals surface area (Å²) >= 11 is 0. The molecule has 0 bridgehead atoms. The van der Waals surface area contributed by atoms with Gasteiger partial charge in [-0.2, -0.15) is 5.10 Å². The van der Waals surface area contributed by atoms with Crippen LogP contribution in [0.1, 0.15) is 27.4 Å². The number of nitrogens with zero attached hydrogens (tertiary/aromatic N) is 3. The Labute approximate surface area is 190 Å². The van der Waals surface area contributed by atoms with Crippen LogP contribution in [0.2, 0.25) is 0 Å². The molecule has 0 unspecified atom stereocenters. The van der Waals surface area contributed by atoms with Crippen LogP contribution < -0.4 is 10.1 Å². The van der Waals surface area contributed by atoms with Crippen LogP contribution >= 0.6 is 0 Å². The second-order valence-corrected chi connectivity index (χ2v) is 7.72. The molecule has 0 radical (unpaired) electrons. The Hall–Kier alpha value is -4.39. The van der Waals surface area contributed by atoms with Crippen LogP contribution in [0.3, 0.4) is 0 Å². The fourth-order valence-electron chi connectivity index (χ4n) is 3.58. The Bertz CT molecular complexity index is 1390. The van der Waals surface area contributed by atoms with Gasteiger partial charge >= 0.3 is 0 Å². The van der Waals surface area contributed by atoms with E-state index in [-0.39, 0.29) is 11.6 Å². The number of carbonyl (C=O) groups is 1. The first-order chi connectivity index (χ1) is 16.2. The maximum absolute atomic E-state index is 12.5. The number of benzene rings is 3. The topological polar surface area (TPSA) is 82.2 Å². The minimum atomic E-state index is -0.356. The van der Waals surface area contributed by atoms with Gasteiger partial charge in [0.1, 0.15) is 18.1 Å². The molecule has 2 aromatic heterocycles. The highest BCUT2D eigenvalue weighted by Crippen LogP contribution is 2.24. The molecule has 7 heteroatoms. The number of nitrogens with one attached hydrogen (secondary N) is 1. The van der Waals surface area contributed by atoms with Crippen molar-refractivity contribution in [2.24, 2.45) is 0 Å². The molecular weight excluding hydrogens is 416 g/mol. The Balaban J connectivity index is 1.32. The predicted octanol–water partition coefficient (Wildman–Crippen LogP) is 5.21. The smallest absolute Gasteiger partial charge is 0.279 e. The van der Waals surface area contributed by atoms with E-state index in [4.69, 9.17) is 9.26 Å². The number of fused-ring (bicyclic) bond motifs is 1. The third kappa shape index (κ3) is 4.62. The summed E-state index contributed by atoms with van der Waals surface area (Å²) in [7, 11) is 0. The van der Waals surface area contributed by atoms with Gasteiger partial charge in [0, 0.05) is 11.5 Å². The van der Waals surface area contributed by atoms with Crippen LogP contribution in [0.25, 0.3) is 10.9 Å². The van der Waals surface area contributed by atoms with Crippen molar-refractivity contribution in [3.8, 4) is 5.75 Å². The van der Waals surface area contributed by atoms with Crippen molar-refractivity contribution in [2.45, 2.75) is 20.1 Å². The molecule has 164 valence electrons. The van der Waals surface area contributed by atoms with Gasteiger partial charge in [-0.1, -0.05) is 59.8 Å². The molecule has 5 rings (SSSR count). The number of ether oxygens (including phenoxy) is 1. The Morgan fingerprint density at radius 3 is 2.45 bits per heavy atom. The number of anilines is 1. The molecule has 0 saturated heterocycles. The quantitative estimate of drug-likeness (QED) is 0.377. The summed E-state index contributed by atoms with van der Waals surface area (Å²) in [5.41, 5.74) is 3.33. The molecule has 0 spiro atoms. The third-order valence-corrected chi connectivity index (χ3v) is 5.25. The van der Waals surface area contributed by atoms with E-state index in [1.54, 1.807) is 13.0 Å². The van der Waals surface area contributed by atoms with Crippen molar-refractivity contribution in [2.75, 3.05) is 5.32 Å². The van der Waals surface area contributed by atoms with Crippen molar-refractivity contribution in [3.05, 3.63) is 108 Å². The van der Waals surface area contributed by atoms with E-state index in [1.165, 1.54) is 0 Å². The lowest BCUT2D eigenvalue weighted by molar-refractivity contribution is 0.101. The van der Waals surface area contributed by atoms with Gasteiger partial charge in [-0.15, -0.1) is 0 Å². The Morgan fingerprint density at radius 2 is 1.70 bits per heavy atom. The van der Waals surface area contributed by atoms with Gasteiger partial charge in [0.25, 0.3) is 5.91 Å². The number of hydrogen-bond donors (Lipinski definition) is 1. The maximum atomic E-state index is 12.5. The average Bonchev–Trinajstić information content (AvgIpc) is 3.43. The fraction of sp³-hybridized carbons (Fsp3) is 0.115. The van der Waals surface area contributed by atoms with Crippen molar-refractivity contribution >= 4 is 22.6 Å². The first-order valence-electron chi connectivity index (χ1n) is 10.6. The molecule has 33 heavy (non-hydrogen) atoms. The SMILES string of the molecule is Cc1cc(C(=O)Nc2nn(Cc3ccc(COc4ccccc4)cc3)c3ccccc23)no1. The number of para-hydroxylation sites is 2. The third-order valence-electron chi connectivity index (χ3n) is 5.25. The van der Waals surface area contributed by atoms with E-state index in [0.29, 0.717) is 24.7 Å². The molecular formula is C26H22N4O3. The highest BCUT2D eigenvalue weighted by atomic mass is 16.5. The van der Waals surface area contributed by atoms with E-state index in [0.717, 1.165) is 27.8 Å². The van der Waals surface area contributed by atoms with Crippen LogP contribution in [0.5, 0.6) is 5.75 Å². The summed E-state index contributed by atoms with van der Waals surface area (Å²) in [4.78, 5) is 12.5. The lowest BCUT2D eigenvalue weighted by Gasteiger charge is -2.08. The first-order valence-corrected chi connectivity index (χ1v) is 10.6. The van der Waals surface area contributed by atoms with Crippen LogP contribution in [0.4, 0.5) is 5.82 Å². The standard InChI is InChI=1S/C26H22N4O3/c1-18-15-23(29-33-18)26(31)27-25-22-9-5-6-10-24(22)30(28-25)16-19-11-13-20(14-12-19)17-32-21-7-3-2-4-8-21/h2-15H,16-17H2,1H3,(H,27,28,31). The van der Waals surface area contributed by atoms with E-state index >= 15 is 0 Å². The van der Waals surface area contributed by atoms with Crippen LogP contribution in [-0.4, -0.2) is 20.8 Å². The van der Waals surface area contributed by atoms with Gasteiger partial charge in [-0.25, -0.2) is 0 Å². The minimum Gasteiger partial charge on any atom is -0.489 e. The second kappa shape index (κ2) is 9.00. The average molecular weight is 438 g/mol. The van der Waals surface area contributed by atoms with E-state index in [9.17, 15) is 4.79 Å². The lowest BCUT2D eigenvalue weighted by atomic mass is 10.1. The normalized spacial score (nSPS) is 10.9. The second-order valence-electron chi connectivity index (χ2n) is 7.72. The molecule has 1 amide bonds. The predicted molar refractivity (Wildman–Crippen MR) is 125 cm³/mol. The van der Waals surface area contributed by atoms with Crippen molar-refractivity contribution < 1.29 is 14.1 Å². The van der Waals surface area contributed by atoms with Gasteiger partial charge in [0.05, 0.1) is 12.1 Å². The van der Waals surface area contributed by atoms with E-state index in [1.807, 2.05) is 59.3 Å². The number of aromatic nitrogens is 3. The summed E-state index contributed by atoms with van der Waals surface area (Å²) in [5.74, 6) is 1.56. The van der Waals surface area contributed by atoms with Crippen molar-refractivity contribution in [3.63, 3.8) is 0 Å². The van der Waals surface area contributed by atoms with Crippen LogP contribution in [0.15, 0.2) is 89.5 Å². The van der Waals surface area contributed by atoms with Gasteiger partial charge in [0.15, 0.2) is 11.5 Å². The van der Waals surface area contributed by atoms with Gasteiger partial charge < -0.3 is 14.6 Å². The van der Waals surface area contributed by atoms with E-state index < -0.39 is 0 Å². The molecule has 0 aliphatic heterocycles. The Kier molecular flexibility index (Phi) is 5.59. The maximum Gasteiger partial charge on any atom is 0.279 e. The summed E-state index contributed by atoms with van der Waals surface area (Å²) in [6.07, 6.45) is 0. The summed E-state index contributed by atoms with van der Waals surface area (Å²) in [6, 6.07) is 27.4. The van der Waals surface area contributed by atoms with Crippen LogP contribution in [-0.2, 0) is 13.2 Å². The number of hydrogen-bond acceptors (Lipinski definition) is 5. The molecule has 2 heterocycles. The van der Waals surface area contributed by atoms with Gasteiger partial charge in [0.2, 0.25) is 0 Å². The zero-order valence-electron chi connectivity index (χ0n) is 18.1. The largest absolute Gasteiger partial charge is 0.489 e. The van der Waals surface area contributed by atoms with Crippen LogP contribution in [0, 0.1) is 6.92 Å². The van der Waals surface area contributed by atoms with Crippen molar-refractivity contribution in [1.29, 1.82) is 0 Å². The number of rotatable bonds is 7. The molecule has 0 saturated carbocycles. The molecule has 1 N–H and O–H groups in total. The molecule has 0 aliphatic carbocycles. The summed E-state index contributed by atoms with van der Waals surface area (Å²) in [5, 5.41) is 12.1. The zero-order chi connectivity index (χ0) is 22.6. The van der Waals surface area contributed by atoms with Gasteiger partial charge in [-0.3, -0.25) is 9.48 Å². The molecule has 0 aliphatic rings. The number of carbonyl (C=O) groups excluding carboxylic acids is 1. The molecule has 5 aromatic rings. The summed E-state index contributed by atoms with van der Waals surface area (Å²) in [6.45, 7) is 2.82. The molecule has 3 aromatic carbocycles. The lowest BCUT2D eigenvalue weighted by Crippen LogP contribution is -2.13. The number of amides is 1. The molecule has 7 nitrogen and oxygen atoms in total. The number of aryl methyl sites for hydroxylation is 1. The van der Waals surface area contributed by atoms with Gasteiger partial charge in [-0.05, 0) is 42.3 Å². The minimum absolute atomic E-state index is 0.222. The van der Waals surface area contributed by atoms with E-state index in [2.05, 4.69) is 39.8 Å². The first kappa shape index (κ1) is 20.5. The molecule has 0 atom stereocenters.